The van der Waals surface area contributed by atoms with E-state index in [4.69, 9.17) is 16.3 Å². The number of hydrogen-bond acceptors (Lipinski definition) is 4. The Bertz CT molecular complexity index is 1180. The smallest absolute Gasteiger partial charge is 0.300 e. The van der Waals surface area contributed by atoms with Gasteiger partial charge in [-0.1, -0.05) is 35.9 Å². The van der Waals surface area contributed by atoms with Crippen molar-refractivity contribution in [2.75, 3.05) is 12.0 Å². The van der Waals surface area contributed by atoms with Gasteiger partial charge >= 0.3 is 0 Å². The fourth-order valence-corrected chi connectivity index (χ4v) is 3.92. The van der Waals surface area contributed by atoms with Crippen LogP contribution in [0.3, 0.4) is 0 Å². The van der Waals surface area contributed by atoms with Crippen LogP contribution in [-0.2, 0) is 9.59 Å². The number of nitrogens with zero attached hydrogens (tertiary/aromatic N) is 1. The molecule has 5 nitrogen and oxygen atoms in total. The normalized spacial score (nSPS) is 17.8. The molecule has 0 aliphatic carbocycles. The van der Waals surface area contributed by atoms with Crippen LogP contribution in [0.15, 0.2) is 78.4 Å². The number of aliphatic hydroxyl groups is 1. The molecule has 1 atom stereocenters. The quantitative estimate of drug-likeness (QED) is 0.345. The average Bonchev–Trinajstić information content (AvgIpc) is 3.04. The van der Waals surface area contributed by atoms with E-state index in [2.05, 4.69) is 0 Å². The third-order valence-corrected chi connectivity index (χ3v) is 5.65. The van der Waals surface area contributed by atoms with Crippen molar-refractivity contribution >= 4 is 34.7 Å². The van der Waals surface area contributed by atoms with E-state index in [0.29, 0.717) is 22.0 Å². The molecule has 1 heterocycles. The number of rotatable bonds is 4. The van der Waals surface area contributed by atoms with Gasteiger partial charge in [0.2, 0.25) is 0 Å². The molecule has 3 aromatic rings. The van der Waals surface area contributed by atoms with Crippen LogP contribution >= 0.6 is 11.6 Å². The molecule has 0 aromatic heterocycles. The number of hydrogen-bond donors (Lipinski definition) is 1. The van der Waals surface area contributed by atoms with Crippen molar-refractivity contribution in [1.82, 2.24) is 0 Å². The maximum absolute atomic E-state index is 13.1. The summed E-state index contributed by atoms with van der Waals surface area (Å²) >= 11 is 5.96. The Morgan fingerprint density at radius 3 is 2.23 bits per heavy atom. The molecule has 0 saturated carbocycles. The highest BCUT2D eigenvalue weighted by Crippen LogP contribution is 2.43. The van der Waals surface area contributed by atoms with Gasteiger partial charge < -0.3 is 9.84 Å². The lowest BCUT2D eigenvalue weighted by Crippen LogP contribution is -2.29. The van der Waals surface area contributed by atoms with Crippen LogP contribution in [0.5, 0.6) is 5.75 Å². The number of halogens is 1. The van der Waals surface area contributed by atoms with Crippen LogP contribution in [-0.4, -0.2) is 23.9 Å². The van der Waals surface area contributed by atoms with Crippen LogP contribution in [0.1, 0.15) is 22.7 Å². The van der Waals surface area contributed by atoms with E-state index >= 15 is 0 Å². The average molecular weight is 434 g/mol. The van der Waals surface area contributed by atoms with E-state index in [-0.39, 0.29) is 11.3 Å². The summed E-state index contributed by atoms with van der Waals surface area (Å²) in [6, 6.07) is 20.1. The van der Waals surface area contributed by atoms with E-state index in [0.717, 1.165) is 11.1 Å². The molecule has 0 radical (unpaired) electrons. The first-order valence-corrected chi connectivity index (χ1v) is 10.1. The standard InChI is InChI=1S/C25H20ClNO4/c1-15-5-3-4-6-20(15)22-21(23(28)16-7-9-17(26)10-8-16)24(29)25(30)27(22)18-11-13-19(31-2)14-12-18/h3-14,22,28H,1-2H3/b23-21-. The number of aryl methyl sites for hydroxylation is 1. The summed E-state index contributed by atoms with van der Waals surface area (Å²) in [6.07, 6.45) is 0. The number of anilines is 1. The number of amides is 1. The van der Waals surface area contributed by atoms with Crippen LogP contribution < -0.4 is 9.64 Å². The molecule has 0 spiro atoms. The summed E-state index contributed by atoms with van der Waals surface area (Å²) in [4.78, 5) is 27.7. The number of Topliss-reactive ketones (excluding diaryl/α,β-unsaturated/α-hetero) is 1. The zero-order valence-electron chi connectivity index (χ0n) is 17.0. The molecule has 1 unspecified atom stereocenters. The highest BCUT2D eigenvalue weighted by Gasteiger charge is 2.47. The monoisotopic (exact) mass is 433 g/mol. The van der Waals surface area contributed by atoms with E-state index in [1.165, 1.54) is 4.90 Å². The van der Waals surface area contributed by atoms with Crippen molar-refractivity contribution in [3.63, 3.8) is 0 Å². The van der Waals surface area contributed by atoms with Gasteiger partial charge in [0.15, 0.2) is 0 Å². The molecule has 1 amide bonds. The Labute approximate surface area is 185 Å². The molecule has 1 fully saturated rings. The number of carbonyl (C=O) groups is 2. The second-order valence-corrected chi connectivity index (χ2v) is 7.67. The Morgan fingerprint density at radius 1 is 0.968 bits per heavy atom. The first-order chi connectivity index (χ1) is 14.9. The molecule has 0 bridgehead atoms. The van der Waals surface area contributed by atoms with Crippen LogP contribution in [0, 0.1) is 6.92 Å². The number of carbonyl (C=O) groups excluding carboxylic acids is 2. The second-order valence-electron chi connectivity index (χ2n) is 7.23. The number of ether oxygens (including phenoxy) is 1. The minimum Gasteiger partial charge on any atom is -0.507 e. The predicted octanol–water partition coefficient (Wildman–Crippen LogP) is 5.28. The topological polar surface area (TPSA) is 66.8 Å². The summed E-state index contributed by atoms with van der Waals surface area (Å²) in [5.74, 6) is -1.04. The molecule has 4 rings (SSSR count). The lowest BCUT2D eigenvalue weighted by atomic mass is 9.92. The SMILES string of the molecule is COc1ccc(N2C(=O)C(=O)/C(=C(\O)c3ccc(Cl)cc3)C2c2ccccc2C)cc1. The molecule has 1 aliphatic heterocycles. The fourth-order valence-electron chi connectivity index (χ4n) is 3.79. The highest BCUT2D eigenvalue weighted by molar-refractivity contribution is 6.51. The van der Waals surface area contributed by atoms with Crippen molar-refractivity contribution < 1.29 is 19.4 Å². The summed E-state index contributed by atoms with van der Waals surface area (Å²) in [6.45, 7) is 1.91. The number of aliphatic hydroxyl groups excluding tert-OH is 1. The van der Waals surface area contributed by atoms with Gasteiger partial charge in [-0.3, -0.25) is 14.5 Å². The van der Waals surface area contributed by atoms with Crippen molar-refractivity contribution in [2.45, 2.75) is 13.0 Å². The van der Waals surface area contributed by atoms with E-state index in [1.807, 2.05) is 31.2 Å². The van der Waals surface area contributed by atoms with Gasteiger partial charge in [-0.15, -0.1) is 0 Å². The number of methoxy groups -OCH3 is 1. The molecule has 156 valence electrons. The molecular weight excluding hydrogens is 414 g/mol. The first-order valence-electron chi connectivity index (χ1n) is 9.69. The molecular formula is C25H20ClNO4. The molecule has 31 heavy (non-hydrogen) atoms. The minimum atomic E-state index is -0.773. The van der Waals surface area contributed by atoms with Crippen LogP contribution in [0.25, 0.3) is 5.76 Å². The lowest BCUT2D eigenvalue weighted by Gasteiger charge is -2.26. The summed E-state index contributed by atoms with van der Waals surface area (Å²) in [5, 5.41) is 11.6. The molecule has 1 N–H and O–H groups in total. The van der Waals surface area contributed by atoms with Gasteiger partial charge in [0, 0.05) is 16.3 Å². The fraction of sp³-hybridized carbons (Fsp3) is 0.120. The minimum absolute atomic E-state index is 0.0393. The van der Waals surface area contributed by atoms with Gasteiger partial charge in [-0.2, -0.15) is 0 Å². The first kappa shape index (κ1) is 20.7. The number of benzene rings is 3. The number of ketones is 1. The van der Waals surface area contributed by atoms with Gasteiger partial charge in [-0.05, 0) is 66.6 Å². The lowest BCUT2D eigenvalue weighted by molar-refractivity contribution is -0.132. The van der Waals surface area contributed by atoms with Gasteiger partial charge in [0.05, 0.1) is 18.7 Å². The molecule has 1 saturated heterocycles. The zero-order valence-corrected chi connectivity index (χ0v) is 17.8. The summed E-state index contributed by atoms with van der Waals surface area (Å²) in [5.41, 5.74) is 2.64. The Morgan fingerprint density at radius 2 is 1.61 bits per heavy atom. The van der Waals surface area contributed by atoms with Crippen molar-refractivity contribution in [1.29, 1.82) is 0 Å². The summed E-state index contributed by atoms with van der Waals surface area (Å²) < 4.78 is 5.21. The van der Waals surface area contributed by atoms with Gasteiger partial charge in [0.25, 0.3) is 11.7 Å². The van der Waals surface area contributed by atoms with Crippen molar-refractivity contribution in [3.05, 3.63) is 100 Å². The van der Waals surface area contributed by atoms with Crippen LogP contribution in [0.2, 0.25) is 5.02 Å². The summed E-state index contributed by atoms with van der Waals surface area (Å²) in [7, 11) is 1.56. The predicted molar refractivity (Wildman–Crippen MR) is 120 cm³/mol. The van der Waals surface area contributed by atoms with E-state index < -0.39 is 17.7 Å². The van der Waals surface area contributed by atoms with Crippen molar-refractivity contribution in [2.24, 2.45) is 0 Å². The van der Waals surface area contributed by atoms with Gasteiger partial charge in [-0.25, -0.2) is 0 Å². The van der Waals surface area contributed by atoms with E-state index in [1.54, 1.807) is 55.6 Å². The maximum atomic E-state index is 13.1. The Hall–Kier alpha value is -3.57. The second kappa shape index (κ2) is 8.28. The zero-order chi connectivity index (χ0) is 22.1. The van der Waals surface area contributed by atoms with E-state index in [9.17, 15) is 14.7 Å². The molecule has 1 aliphatic rings. The van der Waals surface area contributed by atoms with Crippen LogP contribution in [0.4, 0.5) is 5.69 Å². The largest absolute Gasteiger partial charge is 0.507 e. The third kappa shape index (κ3) is 3.68. The third-order valence-electron chi connectivity index (χ3n) is 5.40. The Kier molecular flexibility index (Phi) is 5.53. The molecule has 6 heteroatoms. The molecule has 3 aromatic carbocycles. The van der Waals surface area contributed by atoms with Gasteiger partial charge in [0.1, 0.15) is 11.5 Å². The maximum Gasteiger partial charge on any atom is 0.300 e. The highest BCUT2D eigenvalue weighted by atomic mass is 35.5. The Balaban J connectivity index is 1.94. The van der Waals surface area contributed by atoms with Crippen molar-refractivity contribution in [3.8, 4) is 5.75 Å².